The molecule has 2 heteroatoms. The van der Waals surface area contributed by atoms with Gasteiger partial charge in [0.15, 0.2) is 0 Å². The first-order valence-electron chi connectivity index (χ1n) is 5.65. The molecule has 0 bridgehead atoms. The SMILES string of the molecule is Cc1cc(CCCc2cccnc2)ccn1. The van der Waals surface area contributed by atoms with Gasteiger partial charge in [-0.2, -0.15) is 0 Å². The lowest BCUT2D eigenvalue weighted by atomic mass is 10.1. The van der Waals surface area contributed by atoms with E-state index in [2.05, 4.69) is 28.2 Å². The third-order valence-electron chi connectivity index (χ3n) is 2.61. The van der Waals surface area contributed by atoms with Crippen molar-refractivity contribution in [3.63, 3.8) is 0 Å². The fraction of sp³-hybridized carbons (Fsp3) is 0.286. The Balaban J connectivity index is 1.85. The molecule has 2 aromatic rings. The van der Waals surface area contributed by atoms with Gasteiger partial charge < -0.3 is 0 Å². The van der Waals surface area contributed by atoms with Crippen LogP contribution >= 0.6 is 0 Å². The van der Waals surface area contributed by atoms with Crippen molar-refractivity contribution in [2.24, 2.45) is 0 Å². The summed E-state index contributed by atoms with van der Waals surface area (Å²) >= 11 is 0. The standard InChI is InChI=1S/C14H16N2/c1-12-10-13(7-9-16-12)4-2-5-14-6-3-8-15-11-14/h3,6-11H,2,4-5H2,1H3. The minimum Gasteiger partial charge on any atom is -0.264 e. The van der Waals surface area contributed by atoms with Crippen LogP contribution in [0, 0.1) is 6.92 Å². The van der Waals surface area contributed by atoms with Gasteiger partial charge in [-0.1, -0.05) is 6.07 Å². The van der Waals surface area contributed by atoms with E-state index in [1.165, 1.54) is 11.1 Å². The highest BCUT2D eigenvalue weighted by atomic mass is 14.6. The van der Waals surface area contributed by atoms with Crippen molar-refractivity contribution < 1.29 is 0 Å². The maximum absolute atomic E-state index is 4.20. The van der Waals surface area contributed by atoms with E-state index in [0.717, 1.165) is 25.0 Å². The van der Waals surface area contributed by atoms with Crippen LogP contribution in [0.15, 0.2) is 42.9 Å². The molecule has 0 aromatic carbocycles. The monoisotopic (exact) mass is 212 g/mol. The van der Waals surface area contributed by atoms with Gasteiger partial charge in [-0.15, -0.1) is 0 Å². The van der Waals surface area contributed by atoms with Crippen LogP contribution in [0.1, 0.15) is 23.2 Å². The Morgan fingerprint density at radius 1 is 1.06 bits per heavy atom. The summed E-state index contributed by atoms with van der Waals surface area (Å²) in [5.74, 6) is 0. The lowest BCUT2D eigenvalue weighted by Gasteiger charge is -2.02. The molecule has 0 atom stereocenters. The summed E-state index contributed by atoms with van der Waals surface area (Å²) in [5, 5.41) is 0. The van der Waals surface area contributed by atoms with E-state index in [4.69, 9.17) is 0 Å². The molecule has 16 heavy (non-hydrogen) atoms. The van der Waals surface area contributed by atoms with Crippen LogP contribution in [-0.4, -0.2) is 9.97 Å². The summed E-state index contributed by atoms with van der Waals surface area (Å²) < 4.78 is 0. The molecule has 82 valence electrons. The van der Waals surface area contributed by atoms with Gasteiger partial charge >= 0.3 is 0 Å². The first-order chi connectivity index (χ1) is 7.84. The normalized spacial score (nSPS) is 10.3. The first-order valence-corrected chi connectivity index (χ1v) is 5.65. The number of aryl methyl sites for hydroxylation is 3. The van der Waals surface area contributed by atoms with E-state index in [0.29, 0.717) is 0 Å². The maximum Gasteiger partial charge on any atom is 0.0375 e. The zero-order chi connectivity index (χ0) is 11.2. The molecular weight excluding hydrogens is 196 g/mol. The fourth-order valence-electron chi connectivity index (χ4n) is 1.80. The summed E-state index contributed by atoms with van der Waals surface area (Å²) in [6.45, 7) is 2.03. The lowest BCUT2D eigenvalue weighted by Crippen LogP contribution is -1.92. The molecule has 0 radical (unpaired) electrons. The molecule has 2 aromatic heterocycles. The van der Waals surface area contributed by atoms with Gasteiger partial charge in [0.1, 0.15) is 0 Å². The second-order valence-corrected chi connectivity index (χ2v) is 4.02. The Morgan fingerprint density at radius 3 is 2.69 bits per heavy atom. The molecule has 2 rings (SSSR count). The van der Waals surface area contributed by atoms with Gasteiger partial charge in [0.25, 0.3) is 0 Å². The Morgan fingerprint density at radius 2 is 1.94 bits per heavy atom. The van der Waals surface area contributed by atoms with Gasteiger partial charge in [0.2, 0.25) is 0 Å². The van der Waals surface area contributed by atoms with Crippen molar-refractivity contribution in [3.8, 4) is 0 Å². The smallest absolute Gasteiger partial charge is 0.0375 e. The van der Waals surface area contributed by atoms with Gasteiger partial charge in [-0.3, -0.25) is 9.97 Å². The second kappa shape index (κ2) is 5.40. The van der Waals surface area contributed by atoms with E-state index in [9.17, 15) is 0 Å². The molecular formula is C14H16N2. The molecule has 0 aliphatic carbocycles. The second-order valence-electron chi connectivity index (χ2n) is 4.02. The minimum atomic E-state index is 1.09. The largest absolute Gasteiger partial charge is 0.264 e. The van der Waals surface area contributed by atoms with E-state index in [1.807, 2.05) is 31.6 Å². The van der Waals surface area contributed by atoms with Crippen LogP contribution in [0.2, 0.25) is 0 Å². The molecule has 0 saturated heterocycles. The third kappa shape index (κ3) is 3.16. The average molecular weight is 212 g/mol. The molecule has 0 unspecified atom stereocenters. The molecule has 0 fully saturated rings. The molecule has 0 amide bonds. The number of aromatic nitrogens is 2. The van der Waals surface area contributed by atoms with E-state index >= 15 is 0 Å². The van der Waals surface area contributed by atoms with Gasteiger partial charge in [0, 0.05) is 24.3 Å². The van der Waals surface area contributed by atoms with Crippen molar-refractivity contribution in [1.82, 2.24) is 9.97 Å². The molecule has 0 spiro atoms. The fourth-order valence-corrected chi connectivity index (χ4v) is 1.80. The van der Waals surface area contributed by atoms with Crippen LogP contribution in [0.4, 0.5) is 0 Å². The minimum absolute atomic E-state index is 1.09. The van der Waals surface area contributed by atoms with Crippen LogP contribution in [0.3, 0.4) is 0 Å². The van der Waals surface area contributed by atoms with E-state index in [-0.39, 0.29) is 0 Å². The number of pyridine rings is 2. The Labute approximate surface area is 96.4 Å². The predicted molar refractivity (Wildman–Crippen MR) is 65.2 cm³/mol. The number of hydrogen-bond acceptors (Lipinski definition) is 2. The maximum atomic E-state index is 4.20. The van der Waals surface area contributed by atoms with Crippen molar-refractivity contribution in [2.75, 3.05) is 0 Å². The zero-order valence-electron chi connectivity index (χ0n) is 9.56. The van der Waals surface area contributed by atoms with Crippen molar-refractivity contribution in [1.29, 1.82) is 0 Å². The summed E-state index contributed by atoms with van der Waals surface area (Å²) in [4.78, 5) is 8.31. The summed E-state index contributed by atoms with van der Waals surface area (Å²) in [7, 11) is 0. The van der Waals surface area contributed by atoms with Crippen molar-refractivity contribution >= 4 is 0 Å². The van der Waals surface area contributed by atoms with E-state index in [1.54, 1.807) is 0 Å². The average Bonchev–Trinajstić information content (AvgIpc) is 2.30. The summed E-state index contributed by atoms with van der Waals surface area (Å²) in [6, 6.07) is 8.37. The van der Waals surface area contributed by atoms with Crippen LogP contribution in [0.25, 0.3) is 0 Å². The summed E-state index contributed by atoms with van der Waals surface area (Å²) in [5.41, 5.74) is 3.78. The van der Waals surface area contributed by atoms with Gasteiger partial charge in [-0.25, -0.2) is 0 Å². The van der Waals surface area contributed by atoms with Crippen LogP contribution in [-0.2, 0) is 12.8 Å². The highest BCUT2D eigenvalue weighted by Crippen LogP contribution is 2.07. The Kier molecular flexibility index (Phi) is 3.65. The predicted octanol–water partition coefficient (Wildman–Crippen LogP) is 2.96. The first kappa shape index (κ1) is 10.8. The van der Waals surface area contributed by atoms with Gasteiger partial charge in [-0.05, 0) is 55.5 Å². The van der Waals surface area contributed by atoms with Crippen molar-refractivity contribution in [2.45, 2.75) is 26.2 Å². The Hall–Kier alpha value is -1.70. The summed E-state index contributed by atoms with van der Waals surface area (Å²) in [6.07, 6.45) is 9.00. The number of hydrogen-bond donors (Lipinski definition) is 0. The lowest BCUT2D eigenvalue weighted by molar-refractivity contribution is 0.814. The number of nitrogens with zero attached hydrogens (tertiary/aromatic N) is 2. The highest BCUT2D eigenvalue weighted by molar-refractivity contribution is 5.16. The van der Waals surface area contributed by atoms with E-state index < -0.39 is 0 Å². The van der Waals surface area contributed by atoms with Gasteiger partial charge in [0.05, 0.1) is 0 Å². The van der Waals surface area contributed by atoms with Crippen molar-refractivity contribution in [3.05, 3.63) is 59.7 Å². The zero-order valence-corrected chi connectivity index (χ0v) is 9.56. The van der Waals surface area contributed by atoms with Crippen LogP contribution in [0.5, 0.6) is 0 Å². The number of rotatable bonds is 4. The quantitative estimate of drug-likeness (QED) is 0.778. The molecule has 0 aliphatic heterocycles. The molecule has 2 heterocycles. The highest BCUT2D eigenvalue weighted by Gasteiger charge is 1.96. The molecule has 0 aliphatic rings. The van der Waals surface area contributed by atoms with Crippen LogP contribution < -0.4 is 0 Å². The Bertz CT molecular complexity index is 437. The molecule has 0 N–H and O–H groups in total. The molecule has 0 saturated carbocycles. The molecule has 2 nitrogen and oxygen atoms in total. The third-order valence-corrected chi connectivity index (χ3v) is 2.61. The topological polar surface area (TPSA) is 25.8 Å².